The van der Waals surface area contributed by atoms with E-state index in [4.69, 9.17) is 4.74 Å². The quantitative estimate of drug-likeness (QED) is 0.456. The van der Waals surface area contributed by atoms with E-state index in [2.05, 4.69) is 38.0 Å². The van der Waals surface area contributed by atoms with Crippen LogP contribution in [0.3, 0.4) is 0 Å². The Morgan fingerprint density at radius 1 is 1.35 bits per heavy atom. The van der Waals surface area contributed by atoms with Gasteiger partial charge in [-0.3, -0.25) is 4.99 Å². The van der Waals surface area contributed by atoms with Gasteiger partial charge in [0, 0.05) is 39.3 Å². The summed E-state index contributed by atoms with van der Waals surface area (Å²) >= 11 is 1.83. The van der Waals surface area contributed by atoms with Crippen molar-refractivity contribution in [2.45, 2.75) is 31.7 Å². The maximum absolute atomic E-state index is 5.65. The van der Waals surface area contributed by atoms with Crippen molar-refractivity contribution in [2.24, 2.45) is 10.9 Å². The number of rotatable bonds is 7. The highest BCUT2D eigenvalue weighted by Gasteiger charge is 2.21. The van der Waals surface area contributed by atoms with Gasteiger partial charge in [0.05, 0.1) is 11.6 Å². The van der Waals surface area contributed by atoms with E-state index in [9.17, 15) is 0 Å². The topological polar surface area (TPSA) is 48.9 Å². The Balaban J connectivity index is 1.31. The number of guanidine groups is 1. The summed E-state index contributed by atoms with van der Waals surface area (Å²) in [6, 6.07) is 4.84. The van der Waals surface area contributed by atoms with Crippen molar-refractivity contribution in [2.75, 3.05) is 44.8 Å². The SMILES string of the molecule is CN=C(NCCOCC1CC1)NC1CCN(c2cccs2)CC1. The molecule has 0 aromatic carbocycles. The van der Waals surface area contributed by atoms with Crippen LogP contribution in [0.4, 0.5) is 5.00 Å². The fourth-order valence-electron chi connectivity index (χ4n) is 2.86. The average molecular weight is 337 g/mol. The molecule has 0 bridgehead atoms. The van der Waals surface area contributed by atoms with Gasteiger partial charge in [0.15, 0.2) is 5.96 Å². The summed E-state index contributed by atoms with van der Waals surface area (Å²) in [5.41, 5.74) is 0. The first-order valence-corrected chi connectivity index (χ1v) is 9.56. The van der Waals surface area contributed by atoms with Gasteiger partial charge in [-0.25, -0.2) is 0 Å². The Kier molecular flexibility index (Phi) is 6.16. The minimum atomic E-state index is 0.504. The van der Waals surface area contributed by atoms with E-state index in [1.54, 1.807) is 0 Å². The van der Waals surface area contributed by atoms with Crippen LogP contribution in [-0.2, 0) is 4.74 Å². The van der Waals surface area contributed by atoms with Crippen LogP contribution in [0.1, 0.15) is 25.7 Å². The van der Waals surface area contributed by atoms with E-state index < -0.39 is 0 Å². The zero-order valence-corrected chi connectivity index (χ0v) is 14.8. The molecule has 1 aliphatic carbocycles. The Labute approximate surface area is 143 Å². The maximum Gasteiger partial charge on any atom is 0.191 e. The molecule has 0 spiro atoms. The molecular weight excluding hydrogens is 308 g/mol. The molecule has 3 rings (SSSR count). The third-order valence-electron chi connectivity index (χ3n) is 4.47. The van der Waals surface area contributed by atoms with Crippen molar-refractivity contribution in [3.63, 3.8) is 0 Å². The van der Waals surface area contributed by atoms with Crippen LogP contribution in [0.5, 0.6) is 0 Å². The summed E-state index contributed by atoms with van der Waals surface area (Å²) < 4.78 is 5.65. The smallest absolute Gasteiger partial charge is 0.191 e. The van der Waals surface area contributed by atoms with E-state index in [1.807, 2.05) is 18.4 Å². The van der Waals surface area contributed by atoms with Crippen LogP contribution in [-0.4, -0.2) is 51.9 Å². The van der Waals surface area contributed by atoms with Gasteiger partial charge in [0.1, 0.15) is 0 Å². The van der Waals surface area contributed by atoms with Crippen molar-refractivity contribution >= 4 is 22.3 Å². The van der Waals surface area contributed by atoms with E-state index in [0.717, 1.165) is 57.6 Å². The fourth-order valence-corrected chi connectivity index (χ4v) is 3.64. The first-order valence-electron chi connectivity index (χ1n) is 8.68. The van der Waals surface area contributed by atoms with Gasteiger partial charge in [-0.2, -0.15) is 0 Å². The largest absolute Gasteiger partial charge is 0.379 e. The van der Waals surface area contributed by atoms with Crippen LogP contribution in [0.2, 0.25) is 0 Å². The Morgan fingerprint density at radius 3 is 2.83 bits per heavy atom. The molecule has 2 heterocycles. The molecule has 2 aliphatic rings. The highest BCUT2D eigenvalue weighted by atomic mass is 32.1. The number of anilines is 1. The predicted octanol–water partition coefficient (Wildman–Crippen LogP) is 2.31. The second-order valence-electron chi connectivity index (χ2n) is 6.37. The van der Waals surface area contributed by atoms with Crippen molar-refractivity contribution in [3.8, 4) is 0 Å². The second kappa shape index (κ2) is 8.55. The number of hydrogen-bond donors (Lipinski definition) is 2. The standard InChI is InChI=1S/C17H28N4OS/c1-18-17(19-8-11-22-13-14-4-5-14)20-15-6-9-21(10-7-15)16-3-2-12-23-16/h2-3,12,14-15H,4-11,13H2,1H3,(H2,18,19,20). The monoisotopic (exact) mass is 336 g/mol. The number of ether oxygens (including phenoxy) is 1. The lowest BCUT2D eigenvalue weighted by Gasteiger charge is -2.33. The lowest BCUT2D eigenvalue weighted by Crippen LogP contribution is -2.49. The van der Waals surface area contributed by atoms with Crippen molar-refractivity contribution in [1.29, 1.82) is 0 Å². The third-order valence-corrected chi connectivity index (χ3v) is 5.40. The molecule has 23 heavy (non-hydrogen) atoms. The van der Waals surface area contributed by atoms with Gasteiger partial charge in [0.2, 0.25) is 0 Å². The molecule has 5 nitrogen and oxygen atoms in total. The van der Waals surface area contributed by atoms with E-state index in [-0.39, 0.29) is 0 Å². The summed E-state index contributed by atoms with van der Waals surface area (Å²) in [7, 11) is 1.83. The van der Waals surface area contributed by atoms with Crippen LogP contribution in [0.15, 0.2) is 22.5 Å². The highest BCUT2D eigenvalue weighted by Crippen LogP contribution is 2.28. The van der Waals surface area contributed by atoms with Crippen LogP contribution >= 0.6 is 11.3 Å². The highest BCUT2D eigenvalue weighted by molar-refractivity contribution is 7.14. The molecule has 0 atom stereocenters. The molecule has 0 radical (unpaired) electrons. The van der Waals surface area contributed by atoms with Gasteiger partial charge in [-0.15, -0.1) is 11.3 Å². The predicted molar refractivity (Wildman–Crippen MR) is 97.6 cm³/mol. The average Bonchev–Trinajstić information content (AvgIpc) is 3.24. The number of nitrogens with zero attached hydrogens (tertiary/aromatic N) is 2. The summed E-state index contributed by atoms with van der Waals surface area (Å²) in [6.45, 7) is 4.72. The fraction of sp³-hybridized carbons (Fsp3) is 0.706. The van der Waals surface area contributed by atoms with E-state index in [1.165, 1.54) is 17.8 Å². The lowest BCUT2D eigenvalue weighted by atomic mass is 10.1. The minimum absolute atomic E-state index is 0.504. The molecule has 1 aliphatic heterocycles. The number of thiophene rings is 1. The summed E-state index contributed by atoms with van der Waals surface area (Å²) in [6.07, 6.45) is 5.00. The molecule has 2 fully saturated rings. The molecule has 1 aromatic rings. The normalized spacial score (nSPS) is 19.9. The molecule has 2 N–H and O–H groups in total. The van der Waals surface area contributed by atoms with Crippen LogP contribution < -0.4 is 15.5 Å². The van der Waals surface area contributed by atoms with Crippen molar-refractivity contribution < 1.29 is 4.74 Å². The van der Waals surface area contributed by atoms with Crippen molar-refractivity contribution in [3.05, 3.63) is 17.5 Å². The van der Waals surface area contributed by atoms with E-state index >= 15 is 0 Å². The molecular formula is C17H28N4OS. The molecule has 6 heteroatoms. The molecule has 1 saturated heterocycles. The van der Waals surface area contributed by atoms with Gasteiger partial charge >= 0.3 is 0 Å². The Morgan fingerprint density at radius 2 is 2.17 bits per heavy atom. The summed E-state index contributed by atoms with van der Waals surface area (Å²) in [5, 5.41) is 10.4. The Bertz CT molecular complexity index is 479. The number of nitrogens with one attached hydrogen (secondary N) is 2. The maximum atomic E-state index is 5.65. The Hall–Kier alpha value is -1.27. The second-order valence-corrected chi connectivity index (χ2v) is 7.30. The molecule has 0 unspecified atom stereocenters. The first kappa shape index (κ1) is 16.6. The van der Waals surface area contributed by atoms with E-state index in [0.29, 0.717) is 6.04 Å². The van der Waals surface area contributed by atoms with Gasteiger partial charge in [-0.1, -0.05) is 0 Å². The van der Waals surface area contributed by atoms with Gasteiger partial charge in [-0.05, 0) is 49.1 Å². The molecule has 1 aromatic heterocycles. The molecule has 1 saturated carbocycles. The molecule has 0 amide bonds. The molecule has 128 valence electrons. The number of hydrogen-bond acceptors (Lipinski definition) is 4. The number of piperidine rings is 1. The van der Waals surface area contributed by atoms with Gasteiger partial charge < -0.3 is 20.3 Å². The first-order chi connectivity index (χ1) is 11.3. The summed E-state index contributed by atoms with van der Waals surface area (Å²) in [4.78, 5) is 6.80. The zero-order chi connectivity index (χ0) is 15.9. The lowest BCUT2D eigenvalue weighted by molar-refractivity contribution is 0.129. The summed E-state index contributed by atoms with van der Waals surface area (Å²) in [5.74, 6) is 1.73. The van der Waals surface area contributed by atoms with Gasteiger partial charge in [0.25, 0.3) is 0 Å². The minimum Gasteiger partial charge on any atom is -0.379 e. The van der Waals surface area contributed by atoms with Crippen LogP contribution in [0.25, 0.3) is 0 Å². The zero-order valence-electron chi connectivity index (χ0n) is 14.0. The van der Waals surface area contributed by atoms with Crippen molar-refractivity contribution in [1.82, 2.24) is 10.6 Å². The number of aliphatic imine (C=N–C) groups is 1. The van der Waals surface area contributed by atoms with Crippen LogP contribution in [0, 0.1) is 5.92 Å². The third kappa shape index (κ3) is 5.39.